The molecule has 1 fully saturated rings. The molecule has 156 valence electrons. The molecule has 7 nitrogen and oxygen atoms in total. The quantitative estimate of drug-likeness (QED) is 0.492. The van der Waals surface area contributed by atoms with Gasteiger partial charge in [0.1, 0.15) is 5.75 Å². The van der Waals surface area contributed by atoms with Crippen molar-refractivity contribution >= 4 is 27.3 Å². The summed E-state index contributed by atoms with van der Waals surface area (Å²) in [5, 5.41) is 3.01. The maximum absolute atomic E-state index is 12.9. The topological polar surface area (TPSA) is 111 Å². The molecule has 0 unspecified atom stereocenters. The highest BCUT2D eigenvalue weighted by Gasteiger charge is 2.22. The third-order valence-electron chi connectivity index (χ3n) is 5.12. The Morgan fingerprint density at radius 1 is 1.07 bits per heavy atom. The van der Waals surface area contributed by atoms with Gasteiger partial charge in [-0.15, -0.1) is 0 Å². The Bertz CT molecular complexity index is 968. The van der Waals surface area contributed by atoms with Crippen molar-refractivity contribution in [1.29, 1.82) is 0 Å². The van der Waals surface area contributed by atoms with Crippen molar-refractivity contribution < 1.29 is 17.9 Å². The summed E-state index contributed by atoms with van der Waals surface area (Å²) in [6.45, 7) is 0. The van der Waals surface area contributed by atoms with Crippen LogP contribution >= 0.6 is 0 Å². The van der Waals surface area contributed by atoms with E-state index in [9.17, 15) is 13.2 Å². The Morgan fingerprint density at radius 3 is 2.45 bits per heavy atom. The van der Waals surface area contributed by atoms with Crippen LogP contribution in [0.1, 0.15) is 48.9 Å². The highest BCUT2D eigenvalue weighted by atomic mass is 32.2. The molecule has 2 aromatic carbocycles. The van der Waals surface area contributed by atoms with Crippen LogP contribution in [0.4, 0.5) is 11.4 Å². The number of ether oxygens (including phenoxy) is 1. The lowest BCUT2D eigenvalue weighted by Gasteiger charge is -2.17. The van der Waals surface area contributed by atoms with Crippen LogP contribution in [-0.4, -0.2) is 27.5 Å². The molecule has 0 atom stereocenters. The van der Waals surface area contributed by atoms with Crippen molar-refractivity contribution in [3.05, 3.63) is 48.0 Å². The van der Waals surface area contributed by atoms with Crippen LogP contribution < -0.4 is 20.5 Å². The highest BCUT2D eigenvalue weighted by molar-refractivity contribution is 7.92. The summed E-state index contributed by atoms with van der Waals surface area (Å²) in [4.78, 5) is 12.7. The van der Waals surface area contributed by atoms with Crippen LogP contribution in [0.15, 0.2) is 47.4 Å². The summed E-state index contributed by atoms with van der Waals surface area (Å²) in [7, 11) is -2.46. The van der Waals surface area contributed by atoms with Crippen LogP contribution in [0, 0.1) is 0 Å². The van der Waals surface area contributed by atoms with E-state index in [4.69, 9.17) is 10.5 Å². The number of nitrogens with two attached hydrogens (primary N) is 1. The van der Waals surface area contributed by atoms with Crippen molar-refractivity contribution in [2.75, 3.05) is 17.6 Å². The first-order valence-electron chi connectivity index (χ1n) is 9.77. The van der Waals surface area contributed by atoms with Crippen molar-refractivity contribution in [2.24, 2.45) is 0 Å². The number of nitrogen functional groups attached to an aromatic ring is 1. The van der Waals surface area contributed by atoms with Gasteiger partial charge in [-0.25, -0.2) is 8.42 Å². The lowest BCUT2D eigenvalue weighted by atomic mass is 10.1. The molecule has 4 N–H and O–H groups in total. The van der Waals surface area contributed by atoms with Gasteiger partial charge in [0.15, 0.2) is 0 Å². The van der Waals surface area contributed by atoms with Crippen molar-refractivity contribution in [3.63, 3.8) is 0 Å². The van der Waals surface area contributed by atoms with Gasteiger partial charge in [-0.1, -0.05) is 37.8 Å². The lowest BCUT2D eigenvalue weighted by Crippen LogP contribution is -2.35. The van der Waals surface area contributed by atoms with E-state index in [2.05, 4.69) is 10.0 Å². The van der Waals surface area contributed by atoms with E-state index in [0.717, 1.165) is 25.7 Å². The fraction of sp³-hybridized carbons (Fsp3) is 0.381. The number of para-hydroxylation sites is 2. The predicted octanol–water partition coefficient (Wildman–Crippen LogP) is 3.53. The zero-order valence-electron chi connectivity index (χ0n) is 16.5. The minimum absolute atomic E-state index is 0.0383. The van der Waals surface area contributed by atoms with Gasteiger partial charge >= 0.3 is 0 Å². The molecular formula is C21H27N3O4S. The minimum Gasteiger partial charge on any atom is -0.495 e. The summed E-state index contributed by atoms with van der Waals surface area (Å²) >= 11 is 0. The Morgan fingerprint density at radius 2 is 1.76 bits per heavy atom. The molecule has 0 radical (unpaired) electrons. The van der Waals surface area contributed by atoms with Crippen LogP contribution in [0.3, 0.4) is 0 Å². The Balaban J connectivity index is 1.82. The number of carbonyl (C=O) groups excluding carboxylic acids is 1. The number of hydrogen-bond acceptors (Lipinski definition) is 5. The molecule has 0 spiro atoms. The number of rotatable bonds is 6. The van der Waals surface area contributed by atoms with E-state index in [-0.39, 0.29) is 28.1 Å². The molecular weight excluding hydrogens is 390 g/mol. The van der Waals surface area contributed by atoms with Gasteiger partial charge in [0.05, 0.1) is 23.3 Å². The third-order valence-corrected chi connectivity index (χ3v) is 6.48. The summed E-state index contributed by atoms with van der Waals surface area (Å²) in [5.74, 6) is 0.0570. The molecule has 0 saturated heterocycles. The minimum atomic E-state index is -3.92. The second kappa shape index (κ2) is 9.17. The maximum Gasteiger partial charge on any atom is 0.262 e. The van der Waals surface area contributed by atoms with Crippen LogP contribution in [-0.2, 0) is 10.0 Å². The van der Waals surface area contributed by atoms with Gasteiger partial charge in [0.2, 0.25) is 0 Å². The van der Waals surface area contributed by atoms with Gasteiger partial charge in [-0.3, -0.25) is 9.52 Å². The number of amides is 1. The molecule has 1 aliphatic carbocycles. The predicted molar refractivity (Wildman–Crippen MR) is 114 cm³/mol. The fourth-order valence-corrected chi connectivity index (χ4v) is 4.61. The van der Waals surface area contributed by atoms with E-state index in [1.54, 1.807) is 24.3 Å². The Kier molecular flexibility index (Phi) is 6.64. The number of anilines is 2. The van der Waals surface area contributed by atoms with Crippen molar-refractivity contribution in [1.82, 2.24) is 5.32 Å². The molecule has 0 heterocycles. The lowest BCUT2D eigenvalue weighted by molar-refractivity contribution is 0.0934. The normalized spacial score (nSPS) is 15.3. The number of hydrogen-bond donors (Lipinski definition) is 3. The Labute approximate surface area is 171 Å². The van der Waals surface area contributed by atoms with Gasteiger partial charge in [-0.05, 0) is 43.2 Å². The van der Waals surface area contributed by atoms with Crippen LogP contribution in [0.5, 0.6) is 5.75 Å². The van der Waals surface area contributed by atoms with E-state index in [0.29, 0.717) is 11.4 Å². The molecule has 0 bridgehead atoms. The average molecular weight is 418 g/mol. The second-order valence-electron chi connectivity index (χ2n) is 7.22. The van der Waals surface area contributed by atoms with Gasteiger partial charge in [0, 0.05) is 11.7 Å². The maximum atomic E-state index is 12.9. The van der Waals surface area contributed by atoms with Crippen molar-refractivity contribution in [2.45, 2.75) is 49.5 Å². The molecule has 29 heavy (non-hydrogen) atoms. The molecule has 1 saturated carbocycles. The smallest absolute Gasteiger partial charge is 0.262 e. The van der Waals surface area contributed by atoms with Gasteiger partial charge in [-0.2, -0.15) is 0 Å². The second-order valence-corrected chi connectivity index (χ2v) is 8.90. The SMILES string of the molecule is COc1ccccc1NS(=O)(=O)c1ccc(N)c(C(=O)NC2CCCCCC2)c1. The average Bonchev–Trinajstić information content (AvgIpc) is 2.97. The first-order chi connectivity index (χ1) is 13.9. The van der Waals surface area contributed by atoms with E-state index in [1.807, 2.05) is 0 Å². The van der Waals surface area contributed by atoms with Gasteiger partial charge in [0.25, 0.3) is 15.9 Å². The molecule has 0 aromatic heterocycles. The third kappa shape index (κ3) is 5.20. The zero-order valence-corrected chi connectivity index (χ0v) is 17.3. The Hall–Kier alpha value is -2.74. The monoisotopic (exact) mass is 417 g/mol. The number of benzene rings is 2. The standard InChI is InChI=1S/C21H27N3O4S/c1-28-20-11-7-6-10-19(20)24-29(26,27)16-12-13-18(22)17(14-16)21(25)23-15-8-4-2-3-5-9-15/h6-7,10-15,24H,2-5,8-9,22H2,1H3,(H,23,25). The van der Waals surface area contributed by atoms with E-state index >= 15 is 0 Å². The highest BCUT2D eigenvalue weighted by Crippen LogP contribution is 2.27. The molecule has 1 amide bonds. The summed E-state index contributed by atoms with van der Waals surface area (Å²) < 4.78 is 33.4. The first kappa shape index (κ1) is 21.0. The van der Waals surface area contributed by atoms with E-state index < -0.39 is 10.0 Å². The number of methoxy groups -OCH3 is 1. The van der Waals surface area contributed by atoms with Crippen LogP contribution in [0.25, 0.3) is 0 Å². The first-order valence-corrected chi connectivity index (χ1v) is 11.3. The zero-order chi connectivity index (χ0) is 20.9. The largest absolute Gasteiger partial charge is 0.495 e. The summed E-state index contributed by atoms with van der Waals surface area (Å²) in [5.41, 5.74) is 6.69. The summed E-state index contributed by atoms with van der Waals surface area (Å²) in [6.07, 6.45) is 6.38. The summed E-state index contributed by atoms with van der Waals surface area (Å²) in [6, 6.07) is 11.0. The van der Waals surface area contributed by atoms with E-state index in [1.165, 1.54) is 38.2 Å². The molecule has 3 rings (SSSR count). The van der Waals surface area contributed by atoms with Gasteiger partial charge < -0.3 is 15.8 Å². The van der Waals surface area contributed by atoms with Crippen molar-refractivity contribution in [3.8, 4) is 5.75 Å². The molecule has 0 aliphatic heterocycles. The molecule has 2 aromatic rings. The molecule has 8 heteroatoms. The fourth-order valence-electron chi connectivity index (χ4n) is 3.52. The number of nitrogens with one attached hydrogen (secondary N) is 2. The number of sulfonamides is 1. The number of carbonyl (C=O) groups is 1. The molecule has 1 aliphatic rings. The van der Waals surface area contributed by atoms with Crippen LogP contribution in [0.2, 0.25) is 0 Å².